The van der Waals surface area contributed by atoms with Crippen LogP contribution in [-0.2, 0) is 9.47 Å². The van der Waals surface area contributed by atoms with Gasteiger partial charge >= 0.3 is 0 Å². The number of piperidine rings is 1. The van der Waals surface area contributed by atoms with E-state index < -0.39 is 24.0 Å². The van der Waals surface area contributed by atoms with Crippen molar-refractivity contribution in [3.63, 3.8) is 0 Å². The lowest BCUT2D eigenvalue weighted by Crippen LogP contribution is -2.62. The second-order valence-corrected chi connectivity index (χ2v) is 12.0. The number of alkyl halides is 1. The van der Waals surface area contributed by atoms with Crippen molar-refractivity contribution < 1.29 is 19.7 Å². The molecular weight excluding hydrogens is 478 g/mol. The average molecular weight is 518 g/mol. The quantitative estimate of drug-likeness (QED) is 0.276. The third-order valence-electron chi connectivity index (χ3n) is 8.76. The minimum absolute atomic E-state index is 0.0274. The van der Waals surface area contributed by atoms with Gasteiger partial charge in [0.2, 0.25) is 0 Å². The highest BCUT2D eigenvalue weighted by molar-refractivity contribution is 9.09. The van der Waals surface area contributed by atoms with Gasteiger partial charge in [0, 0.05) is 36.0 Å². The van der Waals surface area contributed by atoms with Crippen molar-refractivity contribution in [3.8, 4) is 0 Å². The molecule has 0 aromatic rings. The Morgan fingerprint density at radius 1 is 1.25 bits per heavy atom. The Bertz CT molecular complexity index is 674. The summed E-state index contributed by atoms with van der Waals surface area (Å²) in [5.41, 5.74) is 4.84. The predicted molar refractivity (Wildman–Crippen MR) is 124 cm³/mol. The molecule has 12 atom stereocenters. The molecule has 0 spiro atoms. The van der Waals surface area contributed by atoms with Crippen LogP contribution in [-0.4, -0.2) is 94.3 Å². The first-order chi connectivity index (χ1) is 15.3. The number of likely N-dealkylation sites (tertiary alicyclic amines) is 1. The van der Waals surface area contributed by atoms with Gasteiger partial charge in [-0.2, -0.15) is 0 Å². The van der Waals surface area contributed by atoms with Crippen molar-refractivity contribution in [2.45, 2.75) is 105 Å². The second-order valence-electron chi connectivity index (χ2n) is 10.8. The summed E-state index contributed by atoms with van der Waals surface area (Å²) >= 11 is 3.68. The third kappa shape index (κ3) is 4.29. The molecular formula is C22H40BrN5O4. The van der Waals surface area contributed by atoms with Crippen LogP contribution in [0.1, 0.15) is 46.0 Å². The molecule has 8 unspecified atom stereocenters. The Hall–Kier alpha value is 0.120. The highest BCUT2D eigenvalue weighted by Gasteiger charge is 2.57. The first kappa shape index (κ1) is 23.8. The zero-order valence-corrected chi connectivity index (χ0v) is 20.7. The van der Waals surface area contributed by atoms with Crippen LogP contribution in [0.25, 0.3) is 0 Å². The molecule has 7 N–H and O–H groups in total. The van der Waals surface area contributed by atoms with Gasteiger partial charge in [-0.3, -0.25) is 15.5 Å². The molecule has 0 bridgehead atoms. The largest absolute Gasteiger partial charge is 0.386 e. The fraction of sp³-hybridized carbons (Fsp3) is 1.00. The van der Waals surface area contributed by atoms with Gasteiger partial charge < -0.3 is 30.7 Å². The van der Waals surface area contributed by atoms with Crippen molar-refractivity contribution in [1.29, 1.82) is 0 Å². The van der Waals surface area contributed by atoms with Gasteiger partial charge in [0.15, 0.2) is 0 Å². The molecule has 32 heavy (non-hydrogen) atoms. The number of halogens is 1. The summed E-state index contributed by atoms with van der Waals surface area (Å²) in [4.78, 5) is 2.51. The van der Waals surface area contributed by atoms with E-state index in [0.717, 1.165) is 45.3 Å². The number of nitrogens with zero attached hydrogens (tertiary/aromatic N) is 1. The molecule has 5 aliphatic rings. The molecule has 4 heterocycles. The predicted octanol–water partition coefficient (Wildman–Crippen LogP) is -0.394. The number of ether oxygens (including phenoxy) is 2. The van der Waals surface area contributed by atoms with E-state index in [0.29, 0.717) is 28.7 Å². The van der Waals surface area contributed by atoms with E-state index in [1.165, 1.54) is 0 Å². The zero-order valence-electron chi connectivity index (χ0n) is 19.1. The lowest BCUT2D eigenvalue weighted by atomic mass is 9.77. The maximum absolute atomic E-state index is 11.1. The second kappa shape index (κ2) is 9.29. The molecule has 0 amide bonds. The van der Waals surface area contributed by atoms with Gasteiger partial charge in [0.05, 0.1) is 25.0 Å². The number of fused-ring (bicyclic) bond motifs is 2. The van der Waals surface area contributed by atoms with E-state index in [2.05, 4.69) is 43.7 Å². The van der Waals surface area contributed by atoms with Crippen molar-refractivity contribution in [1.82, 2.24) is 20.9 Å². The fourth-order valence-corrected chi connectivity index (χ4v) is 7.20. The van der Waals surface area contributed by atoms with Gasteiger partial charge in [-0.1, -0.05) is 15.9 Å². The molecule has 4 saturated heterocycles. The Morgan fingerprint density at radius 3 is 2.88 bits per heavy atom. The number of hydrogen-bond acceptors (Lipinski definition) is 9. The van der Waals surface area contributed by atoms with E-state index in [1.807, 2.05) is 0 Å². The lowest BCUT2D eigenvalue weighted by Gasteiger charge is -2.44. The van der Waals surface area contributed by atoms with Crippen molar-refractivity contribution in [3.05, 3.63) is 0 Å². The van der Waals surface area contributed by atoms with E-state index in [9.17, 15) is 10.2 Å². The Balaban J connectivity index is 1.18. The normalized spacial score (nSPS) is 54.4. The van der Waals surface area contributed by atoms with Gasteiger partial charge in [-0.25, -0.2) is 0 Å². The molecule has 184 valence electrons. The summed E-state index contributed by atoms with van der Waals surface area (Å²) in [6, 6.07) is 0.788. The smallest absolute Gasteiger partial charge is 0.141 e. The van der Waals surface area contributed by atoms with Crippen LogP contribution in [0.4, 0.5) is 0 Å². The third-order valence-corrected chi connectivity index (χ3v) is 9.71. The summed E-state index contributed by atoms with van der Waals surface area (Å²) in [5.74, 6) is 1.09. The van der Waals surface area contributed by atoms with E-state index in [4.69, 9.17) is 15.2 Å². The summed E-state index contributed by atoms with van der Waals surface area (Å²) in [6.45, 7) is 5.74. The van der Waals surface area contributed by atoms with Crippen LogP contribution in [0.15, 0.2) is 0 Å². The molecule has 10 heteroatoms. The summed E-state index contributed by atoms with van der Waals surface area (Å²) in [6.07, 6.45) is 3.33. The number of hydrogen-bond donors (Lipinski definition) is 6. The van der Waals surface area contributed by atoms with Crippen molar-refractivity contribution in [2.75, 3.05) is 19.8 Å². The van der Waals surface area contributed by atoms with Crippen LogP contribution in [0.5, 0.6) is 0 Å². The fourth-order valence-electron chi connectivity index (χ4n) is 6.56. The minimum Gasteiger partial charge on any atom is -0.386 e. The topological polar surface area (TPSA) is 124 Å². The monoisotopic (exact) mass is 517 g/mol. The molecule has 0 radical (unpaired) electrons. The van der Waals surface area contributed by atoms with Crippen LogP contribution < -0.4 is 21.7 Å². The Kier molecular flexibility index (Phi) is 6.92. The number of nitrogens with one attached hydrogen (secondary N) is 3. The Labute approximate surface area is 199 Å². The Morgan fingerprint density at radius 2 is 2.06 bits per heavy atom. The van der Waals surface area contributed by atoms with E-state index in [1.54, 1.807) is 6.92 Å². The first-order valence-corrected chi connectivity index (χ1v) is 13.2. The summed E-state index contributed by atoms with van der Waals surface area (Å²) in [5, 5.41) is 32.6. The number of aliphatic hydroxyl groups excluding tert-OH is 1. The van der Waals surface area contributed by atoms with Gasteiger partial charge in [0.1, 0.15) is 24.0 Å². The molecule has 1 saturated carbocycles. The number of nitrogens with two attached hydrogens (primary N) is 1. The first-order valence-electron chi connectivity index (χ1n) is 12.3. The molecule has 0 aromatic heterocycles. The van der Waals surface area contributed by atoms with Crippen molar-refractivity contribution in [2.24, 2.45) is 17.6 Å². The van der Waals surface area contributed by atoms with E-state index in [-0.39, 0.29) is 25.0 Å². The molecule has 1 aliphatic carbocycles. The molecule has 5 rings (SSSR count). The van der Waals surface area contributed by atoms with Crippen LogP contribution >= 0.6 is 15.9 Å². The summed E-state index contributed by atoms with van der Waals surface area (Å²) in [7, 11) is 0. The van der Waals surface area contributed by atoms with Crippen molar-refractivity contribution >= 4 is 15.9 Å². The van der Waals surface area contributed by atoms with E-state index >= 15 is 0 Å². The highest BCUT2D eigenvalue weighted by atomic mass is 79.9. The lowest BCUT2D eigenvalue weighted by molar-refractivity contribution is -0.130. The number of aliphatic hydroxyl groups is 2. The molecule has 0 aromatic carbocycles. The highest BCUT2D eigenvalue weighted by Crippen LogP contribution is 2.39. The van der Waals surface area contributed by atoms with Gasteiger partial charge in [0.25, 0.3) is 0 Å². The maximum Gasteiger partial charge on any atom is 0.141 e. The van der Waals surface area contributed by atoms with Crippen LogP contribution in [0, 0.1) is 11.8 Å². The minimum atomic E-state index is -1.35. The molecule has 4 aliphatic heterocycles. The zero-order chi connectivity index (χ0) is 22.6. The summed E-state index contributed by atoms with van der Waals surface area (Å²) < 4.78 is 12.5. The maximum atomic E-state index is 11.1. The molecule has 9 nitrogen and oxygen atoms in total. The van der Waals surface area contributed by atoms with Crippen LogP contribution in [0.2, 0.25) is 0 Å². The SMILES string of the molecule is CC1NCNC2C1CCN2[C@@H]1O[C@H](COC2CCC3CC(Br)C(N)NC3C2)[C@@](C)(O)[C@H]1O. The average Bonchev–Trinajstić information content (AvgIpc) is 3.28. The van der Waals surface area contributed by atoms with Crippen LogP contribution in [0.3, 0.4) is 0 Å². The van der Waals surface area contributed by atoms with Gasteiger partial charge in [-0.05, 0) is 51.9 Å². The molecule has 5 fully saturated rings. The standard InChI is InChI=1S/C22H40BrN5O4/c1-11-14-5-6-28(20(14)26-10-25-11)21-18(29)22(2,30)17(32-21)9-31-13-4-3-12-7-15(23)19(24)27-16(12)8-13/h11-21,25-27,29-30H,3-10,24H2,1-2H3/t11?,12?,13?,14?,15?,16?,17-,18+,19?,20?,21-,22-/m1/s1. The van der Waals surface area contributed by atoms with Gasteiger partial charge in [-0.15, -0.1) is 0 Å². The number of rotatable bonds is 4.